The van der Waals surface area contributed by atoms with Gasteiger partial charge < -0.3 is 5.32 Å². The van der Waals surface area contributed by atoms with Crippen molar-refractivity contribution in [2.75, 3.05) is 18.4 Å². The van der Waals surface area contributed by atoms with Crippen LogP contribution >= 0.6 is 11.6 Å². The van der Waals surface area contributed by atoms with E-state index in [9.17, 15) is 0 Å². The zero-order valence-electron chi connectivity index (χ0n) is 12.8. The molecule has 0 bridgehead atoms. The highest BCUT2D eigenvalue weighted by atomic mass is 35.5. The van der Waals surface area contributed by atoms with Gasteiger partial charge in [0.2, 0.25) is 0 Å². The number of anilines is 1. The van der Waals surface area contributed by atoms with E-state index in [-0.39, 0.29) is 0 Å². The Bertz CT molecular complexity index is 670. The SMILES string of the molecule is Clc1ccc2c(N[C@H]3CCCN4CCCCC34)ccnc2c1. The number of hydrogen-bond donors (Lipinski definition) is 1. The minimum absolute atomic E-state index is 0.551. The molecule has 2 fully saturated rings. The maximum Gasteiger partial charge on any atom is 0.0737 e. The summed E-state index contributed by atoms with van der Waals surface area (Å²) in [5.41, 5.74) is 2.16. The first kappa shape index (κ1) is 14.3. The molecule has 1 unspecified atom stereocenters. The van der Waals surface area contributed by atoms with E-state index in [2.05, 4.69) is 27.3 Å². The van der Waals surface area contributed by atoms with Crippen LogP contribution in [-0.4, -0.2) is 35.1 Å². The second kappa shape index (κ2) is 6.05. The fourth-order valence-corrected chi connectivity index (χ4v) is 4.24. The Morgan fingerprint density at radius 3 is 2.95 bits per heavy atom. The molecule has 3 heterocycles. The summed E-state index contributed by atoms with van der Waals surface area (Å²) in [5, 5.41) is 5.73. The number of aromatic nitrogens is 1. The van der Waals surface area contributed by atoms with Crippen LogP contribution in [0.1, 0.15) is 32.1 Å². The molecule has 2 aromatic rings. The number of piperidine rings is 2. The van der Waals surface area contributed by atoms with Gasteiger partial charge in [0.05, 0.1) is 5.52 Å². The van der Waals surface area contributed by atoms with Crippen molar-refractivity contribution < 1.29 is 0 Å². The maximum absolute atomic E-state index is 6.09. The summed E-state index contributed by atoms with van der Waals surface area (Å²) >= 11 is 6.09. The van der Waals surface area contributed by atoms with E-state index in [0.29, 0.717) is 12.1 Å². The van der Waals surface area contributed by atoms with Crippen molar-refractivity contribution >= 4 is 28.2 Å². The first-order valence-corrected chi connectivity index (χ1v) is 8.74. The van der Waals surface area contributed by atoms with Crippen LogP contribution in [0.25, 0.3) is 10.9 Å². The van der Waals surface area contributed by atoms with E-state index in [4.69, 9.17) is 11.6 Å². The van der Waals surface area contributed by atoms with Crippen LogP contribution < -0.4 is 5.32 Å². The fourth-order valence-electron chi connectivity index (χ4n) is 4.07. The van der Waals surface area contributed by atoms with Gasteiger partial charge in [-0.3, -0.25) is 9.88 Å². The standard InChI is InChI=1S/C18H22ClN3/c19-13-6-7-14-15(8-9-20-17(14)12-13)21-16-4-3-11-22-10-2-1-5-18(16)22/h6-9,12,16,18H,1-5,10-11H2,(H,20,21)/t16-,18?/m0/s1. The molecular weight excluding hydrogens is 294 g/mol. The molecule has 2 aliphatic rings. The van der Waals surface area contributed by atoms with E-state index in [1.54, 1.807) is 0 Å². The van der Waals surface area contributed by atoms with Gasteiger partial charge in [0.15, 0.2) is 0 Å². The largest absolute Gasteiger partial charge is 0.380 e. The van der Waals surface area contributed by atoms with Crippen LogP contribution in [0.15, 0.2) is 30.5 Å². The summed E-state index contributed by atoms with van der Waals surface area (Å²) in [6.07, 6.45) is 8.49. The molecule has 1 N–H and O–H groups in total. The van der Waals surface area contributed by atoms with E-state index < -0.39 is 0 Å². The molecule has 0 saturated carbocycles. The van der Waals surface area contributed by atoms with Gasteiger partial charge in [0, 0.05) is 34.4 Å². The zero-order valence-corrected chi connectivity index (χ0v) is 13.5. The molecule has 0 amide bonds. The molecule has 4 heteroatoms. The Kier molecular flexibility index (Phi) is 3.93. The van der Waals surface area contributed by atoms with Gasteiger partial charge in [-0.15, -0.1) is 0 Å². The molecule has 0 spiro atoms. The Morgan fingerprint density at radius 2 is 2.00 bits per heavy atom. The topological polar surface area (TPSA) is 28.2 Å². The normalized spacial score (nSPS) is 25.9. The van der Waals surface area contributed by atoms with Crippen molar-refractivity contribution in [1.29, 1.82) is 0 Å². The molecule has 0 radical (unpaired) electrons. The number of nitrogens with one attached hydrogen (secondary N) is 1. The van der Waals surface area contributed by atoms with Gasteiger partial charge in [-0.25, -0.2) is 0 Å². The van der Waals surface area contributed by atoms with Crippen LogP contribution in [0.4, 0.5) is 5.69 Å². The molecule has 116 valence electrons. The lowest BCUT2D eigenvalue weighted by atomic mass is 9.88. The summed E-state index contributed by atoms with van der Waals surface area (Å²) < 4.78 is 0. The van der Waals surface area contributed by atoms with Crippen molar-refractivity contribution in [2.24, 2.45) is 0 Å². The van der Waals surface area contributed by atoms with Crippen LogP contribution in [0.2, 0.25) is 5.02 Å². The van der Waals surface area contributed by atoms with Gasteiger partial charge in [0.1, 0.15) is 0 Å². The lowest BCUT2D eigenvalue weighted by Crippen LogP contribution is -2.53. The van der Waals surface area contributed by atoms with Gasteiger partial charge in [0.25, 0.3) is 0 Å². The first-order chi connectivity index (χ1) is 10.8. The fraction of sp³-hybridized carbons (Fsp3) is 0.500. The monoisotopic (exact) mass is 315 g/mol. The summed E-state index contributed by atoms with van der Waals surface area (Å²) in [6.45, 7) is 2.55. The summed E-state index contributed by atoms with van der Waals surface area (Å²) in [5.74, 6) is 0. The van der Waals surface area contributed by atoms with E-state index in [0.717, 1.165) is 10.5 Å². The Balaban J connectivity index is 1.62. The second-order valence-electron chi connectivity index (χ2n) is 6.51. The molecular formula is C18H22ClN3. The summed E-state index contributed by atoms with van der Waals surface area (Å²) in [7, 11) is 0. The van der Waals surface area contributed by atoms with Gasteiger partial charge in [-0.1, -0.05) is 18.0 Å². The molecule has 2 atom stereocenters. The van der Waals surface area contributed by atoms with Gasteiger partial charge in [-0.2, -0.15) is 0 Å². The van der Waals surface area contributed by atoms with Crippen molar-refractivity contribution in [3.8, 4) is 0 Å². The third-order valence-electron chi connectivity index (χ3n) is 5.13. The molecule has 0 aliphatic carbocycles. The van der Waals surface area contributed by atoms with Crippen molar-refractivity contribution in [3.05, 3.63) is 35.5 Å². The number of hydrogen-bond acceptors (Lipinski definition) is 3. The molecule has 22 heavy (non-hydrogen) atoms. The quantitative estimate of drug-likeness (QED) is 0.894. The van der Waals surface area contributed by atoms with Crippen LogP contribution in [0.5, 0.6) is 0 Å². The Hall–Kier alpha value is -1.32. The molecule has 2 aliphatic heterocycles. The number of fused-ring (bicyclic) bond motifs is 2. The van der Waals surface area contributed by atoms with E-state index >= 15 is 0 Å². The Labute approximate surface area is 136 Å². The van der Waals surface area contributed by atoms with Crippen LogP contribution in [0.3, 0.4) is 0 Å². The zero-order chi connectivity index (χ0) is 14.9. The average Bonchev–Trinajstić information content (AvgIpc) is 2.55. The molecule has 3 nitrogen and oxygen atoms in total. The molecule has 4 rings (SSSR count). The number of benzene rings is 1. The lowest BCUT2D eigenvalue weighted by Gasteiger charge is -2.44. The number of halogens is 1. The van der Waals surface area contributed by atoms with Gasteiger partial charge >= 0.3 is 0 Å². The molecule has 1 aromatic heterocycles. The second-order valence-corrected chi connectivity index (χ2v) is 6.95. The number of pyridine rings is 1. The number of rotatable bonds is 2. The third kappa shape index (κ3) is 2.68. The third-order valence-corrected chi connectivity index (χ3v) is 5.37. The van der Waals surface area contributed by atoms with E-state index in [1.165, 1.54) is 56.3 Å². The maximum atomic E-state index is 6.09. The minimum atomic E-state index is 0.551. The van der Waals surface area contributed by atoms with Crippen LogP contribution in [0, 0.1) is 0 Å². The summed E-state index contributed by atoms with van der Waals surface area (Å²) in [4.78, 5) is 7.13. The predicted molar refractivity (Wildman–Crippen MR) is 92.6 cm³/mol. The molecule has 2 saturated heterocycles. The smallest absolute Gasteiger partial charge is 0.0737 e. The minimum Gasteiger partial charge on any atom is -0.380 e. The highest BCUT2D eigenvalue weighted by Crippen LogP contribution is 2.31. The van der Waals surface area contributed by atoms with Crippen molar-refractivity contribution in [3.63, 3.8) is 0 Å². The molecule has 1 aromatic carbocycles. The number of nitrogens with zero attached hydrogens (tertiary/aromatic N) is 2. The van der Waals surface area contributed by atoms with Crippen molar-refractivity contribution in [1.82, 2.24) is 9.88 Å². The average molecular weight is 316 g/mol. The highest BCUT2D eigenvalue weighted by Gasteiger charge is 2.33. The first-order valence-electron chi connectivity index (χ1n) is 8.36. The van der Waals surface area contributed by atoms with Crippen LogP contribution in [-0.2, 0) is 0 Å². The summed E-state index contributed by atoms with van der Waals surface area (Å²) in [6, 6.07) is 9.31. The van der Waals surface area contributed by atoms with Gasteiger partial charge in [-0.05, 0) is 63.0 Å². The Morgan fingerprint density at radius 1 is 1.09 bits per heavy atom. The highest BCUT2D eigenvalue weighted by molar-refractivity contribution is 6.31. The van der Waals surface area contributed by atoms with E-state index in [1.807, 2.05) is 18.3 Å². The lowest BCUT2D eigenvalue weighted by molar-refractivity contribution is 0.0978. The predicted octanol–water partition coefficient (Wildman–Crippen LogP) is 4.32. The van der Waals surface area contributed by atoms with Crippen molar-refractivity contribution in [2.45, 2.75) is 44.2 Å².